The first kappa shape index (κ1) is 17.3. The normalized spacial score (nSPS) is 25.2. The molecule has 1 aliphatic rings. The zero-order valence-corrected chi connectivity index (χ0v) is 14.0. The minimum Gasteiger partial charge on any atom is -0.329 e. The number of hydrogen-bond donors (Lipinski definition) is 1. The second-order valence-corrected chi connectivity index (χ2v) is 8.79. The van der Waals surface area contributed by atoms with Gasteiger partial charge >= 0.3 is 0 Å². The second kappa shape index (κ2) is 7.29. The van der Waals surface area contributed by atoms with Crippen LogP contribution < -0.4 is 5.73 Å². The van der Waals surface area contributed by atoms with E-state index < -0.39 is 9.84 Å². The molecule has 0 spiro atoms. The molecule has 0 bridgehead atoms. The SMILES string of the molecule is CCCCC(CC)(CN)N1CCSCC1S(C)(=O)=O. The topological polar surface area (TPSA) is 63.4 Å². The minimum absolute atomic E-state index is 0.148. The van der Waals surface area contributed by atoms with Gasteiger partial charge in [0.15, 0.2) is 9.84 Å². The highest BCUT2D eigenvalue weighted by atomic mass is 32.2. The van der Waals surface area contributed by atoms with Crippen LogP contribution in [0.5, 0.6) is 0 Å². The molecule has 2 atom stereocenters. The molecule has 0 aliphatic carbocycles. The Bertz CT molecular complexity index is 367. The summed E-state index contributed by atoms with van der Waals surface area (Å²) in [6.45, 7) is 5.66. The Labute approximate surface area is 122 Å². The Kier molecular flexibility index (Phi) is 6.63. The molecule has 0 radical (unpaired) electrons. The summed E-state index contributed by atoms with van der Waals surface area (Å²) in [6, 6.07) is 0. The third-order valence-electron chi connectivity index (χ3n) is 4.22. The van der Waals surface area contributed by atoms with Crippen LogP contribution >= 0.6 is 11.8 Å². The molecule has 0 aromatic carbocycles. The molecule has 0 saturated carbocycles. The van der Waals surface area contributed by atoms with Gasteiger partial charge in [0.2, 0.25) is 0 Å². The van der Waals surface area contributed by atoms with Crippen LogP contribution in [0.3, 0.4) is 0 Å². The highest BCUT2D eigenvalue weighted by molar-refractivity contribution is 8.00. The van der Waals surface area contributed by atoms with Crippen LogP contribution in [0.4, 0.5) is 0 Å². The van der Waals surface area contributed by atoms with Crippen LogP contribution in [-0.4, -0.2) is 55.1 Å². The van der Waals surface area contributed by atoms with Crippen molar-refractivity contribution in [2.24, 2.45) is 5.73 Å². The lowest BCUT2D eigenvalue weighted by atomic mass is 9.87. The maximum Gasteiger partial charge on any atom is 0.164 e. The van der Waals surface area contributed by atoms with E-state index in [0.717, 1.165) is 38.0 Å². The van der Waals surface area contributed by atoms with Gasteiger partial charge in [0, 0.05) is 36.4 Å². The van der Waals surface area contributed by atoms with E-state index >= 15 is 0 Å². The van der Waals surface area contributed by atoms with E-state index in [1.807, 2.05) is 0 Å². The van der Waals surface area contributed by atoms with E-state index in [1.165, 1.54) is 6.26 Å². The monoisotopic (exact) mass is 308 g/mol. The molecular weight excluding hydrogens is 280 g/mol. The number of sulfone groups is 1. The summed E-state index contributed by atoms with van der Waals surface area (Å²) in [7, 11) is -3.05. The Morgan fingerprint density at radius 1 is 1.42 bits per heavy atom. The van der Waals surface area contributed by atoms with Crippen LogP contribution in [0.1, 0.15) is 39.5 Å². The highest BCUT2D eigenvalue weighted by Crippen LogP contribution is 2.33. The fourth-order valence-electron chi connectivity index (χ4n) is 2.87. The lowest BCUT2D eigenvalue weighted by molar-refractivity contribution is 0.0741. The van der Waals surface area contributed by atoms with Crippen molar-refractivity contribution in [2.45, 2.75) is 50.4 Å². The molecule has 0 amide bonds. The molecule has 6 heteroatoms. The Morgan fingerprint density at radius 2 is 2.11 bits per heavy atom. The van der Waals surface area contributed by atoms with Crippen molar-refractivity contribution >= 4 is 21.6 Å². The minimum atomic E-state index is -3.05. The number of hydrogen-bond acceptors (Lipinski definition) is 5. The molecule has 2 N–H and O–H groups in total. The van der Waals surface area contributed by atoms with Gasteiger partial charge in [-0.2, -0.15) is 11.8 Å². The molecule has 1 aliphatic heterocycles. The molecule has 1 rings (SSSR count). The van der Waals surface area contributed by atoms with Gasteiger partial charge < -0.3 is 5.73 Å². The molecule has 0 aromatic rings. The fraction of sp³-hybridized carbons (Fsp3) is 1.00. The maximum absolute atomic E-state index is 12.1. The van der Waals surface area contributed by atoms with Gasteiger partial charge in [0.05, 0.1) is 0 Å². The molecule has 19 heavy (non-hydrogen) atoms. The van der Waals surface area contributed by atoms with Crippen LogP contribution in [0.2, 0.25) is 0 Å². The zero-order valence-electron chi connectivity index (χ0n) is 12.4. The Balaban J connectivity index is 3.03. The number of thioether (sulfide) groups is 1. The lowest BCUT2D eigenvalue weighted by Crippen LogP contribution is -2.62. The molecule has 114 valence electrons. The van der Waals surface area contributed by atoms with E-state index in [1.54, 1.807) is 11.8 Å². The van der Waals surface area contributed by atoms with Crippen molar-refractivity contribution in [1.82, 2.24) is 4.90 Å². The highest BCUT2D eigenvalue weighted by Gasteiger charge is 2.42. The van der Waals surface area contributed by atoms with E-state index in [-0.39, 0.29) is 10.9 Å². The van der Waals surface area contributed by atoms with E-state index in [0.29, 0.717) is 12.3 Å². The molecule has 1 heterocycles. The molecule has 1 fully saturated rings. The summed E-state index contributed by atoms with van der Waals surface area (Å²) in [5.74, 6) is 1.67. The van der Waals surface area contributed by atoms with Crippen molar-refractivity contribution in [1.29, 1.82) is 0 Å². The zero-order chi connectivity index (χ0) is 14.5. The van der Waals surface area contributed by atoms with E-state index in [4.69, 9.17) is 5.73 Å². The molecule has 0 aromatic heterocycles. The van der Waals surface area contributed by atoms with Gasteiger partial charge in [-0.05, 0) is 12.8 Å². The first-order valence-corrected chi connectivity index (χ1v) is 10.3. The molecular formula is C13H28N2O2S2. The maximum atomic E-state index is 12.1. The van der Waals surface area contributed by atoms with Gasteiger partial charge in [-0.25, -0.2) is 8.42 Å². The van der Waals surface area contributed by atoms with Crippen molar-refractivity contribution in [3.8, 4) is 0 Å². The van der Waals surface area contributed by atoms with E-state index in [9.17, 15) is 8.42 Å². The fourth-order valence-corrected chi connectivity index (χ4v) is 5.81. The van der Waals surface area contributed by atoms with Gasteiger partial charge in [-0.1, -0.05) is 26.7 Å². The van der Waals surface area contributed by atoms with Crippen molar-refractivity contribution in [3.05, 3.63) is 0 Å². The predicted octanol–water partition coefficient (Wildman–Crippen LogP) is 1.70. The van der Waals surface area contributed by atoms with Crippen molar-refractivity contribution < 1.29 is 8.42 Å². The third kappa shape index (κ3) is 4.09. The third-order valence-corrected chi connectivity index (χ3v) is 6.87. The van der Waals surface area contributed by atoms with Crippen molar-refractivity contribution in [3.63, 3.8) is 0 Å². The Morgan fingerprint density at radius 3 is 2.58 bits per heavy atom. The first-order valence-electron chi connectivity index (χ1n) is 7.14. The first-order chi connectivity index (χ1) is 8.91. The number of nitrogens with zero attached hydrogens (tertiary/aromatic N) is 1. The van der Waals surface area contributed by atoms with E-state index in [2.05, 4.69) is 18.7 Å². The van der Waals surface area contributed by atoms with Crippen molar-refractivity contribution in [2.75, 3.05) is 30.9 Å². The summed E-state index contributed by atoms with van der Waals surface area (Å²) in [4.78, 5) is 2.19. The molecule has 4 nitrogen and oxygen atoms in total. The summed E-state index contributed by atoms with van der Waals surface area (Å²) in [6.07, 6.45) is 5.49. The summed E-state index contributed by atoms with van der Waals surface area (Å²) in [5.41, 5.74) is 5.90. The van der Waals surface area contributed by atoms with Gasteiger partial charge in [-0.15, -0.1) is 0 Å². The molecule has 1 saturated heterocycles. The lowest BCUT2D eigenvalue weighted by Gasteiger charge is -2.48. The summed E-state index contributed by atoms with van der Waals surface area (Å²) < 4.78 is 24.1. The second-order valence-electron chi connectivity index (χ2n) is 5.44. The van der Waals surface area contributed by atoms with Gasteiger partial charge in [-0.3, -0.25) is 4.90 Å². The molecule has 2 unspecified atom stereocenters. The Hall–Kier alpha value is 0.220. The number of nitrogens with two attached hydrogens (primary N) is 1. The van der Waals surface area contributed by atoms with Crippen LogP contribution in [0, 0.1) is 0 Å². The number of rotatable bonds is 7. The predicted molar refractivity (Wildman–Crippen MR) is 84.3 cm³/mol. The number of unbranched alkanes of at least 4 members (excludes halogenated alkanes) is 1. The standard InChI is InChI=1S/C13H28N2O2S2/c1-4-6-7-13(5-2,11-14)15-8-9-18-10-12(15)19(3,16)17/h12H,4-11,14H2,1-3H3. The smallest absolute Gasteiger partial charge is 0.164 e. The summed E-state index contributed by atoms with van der Waals surface area (Å²) >= 11 is 1.73. The quantitative estimate of drug-likeness (QED) is 0.775. The van der Waals surface area contributed by atoms with Crippen LogP contribution in [-0.2, 0) is 9.84 Å². The largest absolute Gasteiger partial charge is 0.329 e. The van der Waals surface area contributed by atoms with Crippen LogP contribution in [0.15, 0.2) is 0 Å². The summed E-state index contributed by atoms with van der Waals surface area (Å²) in [5, 5.41) is -0.369. The van der Waals surface area contributed by atoms with Gasteiger partial charge in [0.25, 0.3) is 0 Å². The van der Waals surface area contributed by atoms with Crippen LogP contribution in [0.25, 0.3) is 0 Å². The van der Waals surface area contributed by atoms with Gasteiger partial charge in [0.1, 0.15) is 5.37 Å². The average molecular weight is 309 g/mol. The average Bonchev–Trinajstić information content (AvgIpc) is 2.40.